The van der Waals surface area contributed by atoms with Crippen LogP contribution in [0.1, 0.15) is 26.7 Å². The number of carbonyl (C=O) groups excluding carboxylic acids is 2. The zero-order valence-corrected chi connectivity index (χ0v) is 13.0. The highest BCUT2D eigenvalue weighted by atomic mass is 28.3. The number of unbranched alkanes of at least 4 members (excludes halogenated alkanes) is 1. The van der Waals surface area contributed by atoms with Crippen LogP contribution in [0, 0.1) is 0 Å². The monoisotopic (exact) mass is 272 g/mol. The minimum Gasteiger partial charge on any atom is -0.463 e. The van der Waals surface area contributed by atoms with Gasteiger partial charge in [-0.25, -0.2) is 4.79 Å². The maximum Gasteiger partial charge on any atom is 0.351 e. The van der Waals surface area contributed by atoms with Crippen LogP contribution in [0.3, 0.4) is 0 Å². The molecule has 0 amide bonds. The van der Waals surface area contributed by atoms with Gasteiger partial charge in [0.1, 0.15) is 0 Å². The predicted octanol–water partition coefficient (Wildman–Crippen LogP) is 2.70. The van der Waals surface area contributed by atoms with Gasteiger partial charge in [0.15, 0.2) is 0 Å². The van der Waals surface area contributed by atoms with Gasteiger partial charge in [0.25, 0.3) is 0 Å². The van der Waals surface area contributed by atoms with Crippen molar-refractivity contribution in [3.05, 3.63) is 11.8 Å². The number of hydrogen-bond donors (Lipinski definition) is 0. The Balaban J connectivity index is 4.52. The highest BCUT2D eigenvalue weighted by Gasteiger charge is 2.21. The average molecular weight is 272 g/mol. The largest absolute Gasteiger partial charge is 0.463 e. The fraction of sp³-hybridized carbons (Fsp3) is 0.692. The summed E-state index contributed by atoms with van der Waals surface area (Å²) in [6.45, 7) is 10.1. The standard InChI is InChI=1S/C13H24O4Si/c1-6-7-9-16-13(15)12(17-11(2)14)8-10-18(3,4)5/h8,10,12H,6-7,9H2,1-5H3. The van der Waals surface area contributed by atoms with Crippen LogP contribution < -0.4 is 0 Å². The van der Waals surface area contributed by atoms with Gasteiger partial charge in [0, 0.05) is 6.92 Å². The summed E-state index contributed by atoms with van der Waals surface area (Å²) < 4.78 is 10.0. The second-order valence-electron chi connectivity index (χ2n) is 5.28. The van der Waals surface area contributed by atoms with Gasteiger partial charge >= 0.3 is 11.9 Å². The fourth-order valence-corrected chi connectivity index (χ4v) is 1.87. The molecule has 0 aromatic heterocycles. The molecule has 0 rings (SSSR count). The molecule has 0 N–H and O–H groups in total. The van der Waals surface area contributed by atoms with Gasteiger partial charge in [0.2, 0.25) is 6.10 Å². The lowest BCUT2D eigenvalue weighted by molar-refractivity contribution is -0.163. The number of ether oxygens (including phenoxy) is 2. The minimum absolute atomic E-state index is 0.369. The number of rotatable bonds is 7. The number of esters is 2. The molecule has 0 radical (unpaired) electrons. The summed E-state index contributed by atoms with van der Waals surface area (Å²) in [4.78, 5) is 22.7. The lowest BCUT2D eigenvalue weighted by Crippen LogP contribution is -2.28. The van der Waals surface area contributed by atoms with Crippen molar-refractivity contribution in [2.75, 3.05) is 6.61 Å². The van der Waals surface area contributed by atoms with Gasteiger partial charge in [-0.15, -0.1) is 0 Å². The Bertz CT molecular complexity index is 305. The Kier molecular flexibility index (Phi) is 7.58. The summed E-state index contributed by atoms with van der Waals surface area (Å²) in [6.07, 6.45) is 2.50. The zero-order valence-electron chi connectivity index (χ0n) is 12.0. The molecule has 1 unspecified atom stereocenters. The molecule has 104 valence electrons. The van der Waals surface area contributed by atoms with Crippen molar-refractivity contribution in [1.29, 1.82) is 0 Å². The van der Waals surface area contributed by atoms with Crippen molar-refractivity contribution in [3.8, 4) is 0 Å². The van der Waals surface area contributed by atoms with Crippen LogP contribution in [-0.4, -0.2) is 32.7 Å². The third kappa shape index (κ3) is 8.98. The molecule has 0 saturated heterocycles. The van der Waals surface area contributed by atoms with Crippen molar-refractivity contribution < 1.29 is 19.1 Å². The Hall–Kier alpha value is -1.10. The third-order valence-corrected chi connectivity index (χ3v) is 3.23. The summed E-state index contributed by atoms with van der Waals surface area (Å²) in [5, 5.41) is 0. The Labute approximate surface area is 110 Å². The van der Waals surface area contributed by atoms with Crippen LogP contribution in [0.15, 0.2) is 11.8 Å². The Morgan fingerprint density at radius 2 is 1.89 bits per heavy atom. The van der Waals surface area contributed by atoms with Crippen LogP contribution >= 0.6 is 0 Å². The highest BCUT2D eigenvalue weighted by molar-refractivity contribution is 6.80. The third-order valence-electron chi connectivity index (χ3n) is 2.04. The van der Waals surface area contributed by atoms with Crippen LogP contribution in [-0.2, 0) is 19.1 Å². The van der Waals surface area contributed by atoms with Gasteiger partial charge in [-0.1, -0.05) is 38.7 Å². The lowest BCUT2D eigenvalue weighted by Gasteiger charge is -2.15. The van der Waals surface area contributed by atoms with E-state index in [1.807, 2.05) is 12.6 Å². The SMILES string of the molecule is CCCCOC(=O)C(C=C[Si](C)(C)C)OC(C)=O. The molecule has 0 aromatic rings. The maximum atomic E-state index is 11.7. The maximum absolute atomic E-state index is 11.7. The van der Waals surface area contributed by atoms with E-state index in [0.717, 1.165) is 12.8 Å². The number of carbonyl (C=O) groups is 2. The van der Waals surface area contributed by atoms with E-state index in [1.165, 1.54) is 6.92 Å². The summed E-state index contributed by atoms with van der Waals surface area (Å²) >= 11 is 0. The average Bonchev–Trinajstić information content (AvgIpc) is 2.22. The summed E-state index contributed by atoms with van der Waals surface area (Å²) in [7, 11) is -1.43. The minimum atomic E-state index is -1.43. The van der Waals surface area contributed by atoms with E-state index in [9.17, 15) is 9.59 Å². The molecular formula is C13H24O4Si. The molecule has 0 aliphatic carbocycles. The highest BCUT2D eigenvalue weighted by Crippen LogP contribution is 2.07. The summed E-state index contributed by atoms with van der Waals surface area (Å²) in [6, 6.07) is 0. The molecule has 1 atom stereocenters. The Morgan fingerprint density at radius 3 is 2.33 bits per heavy atom. The van der Waals surface area contributed by atoms with Gasteiger partial charge in [-0.05, 0) is 12.5 Å². The second-order valence-corrected chi connectivity index (χ2v) is 10.3. The van der Waals surface area contributed by atoms with Crippen LogP contribution in [0.25, 0.3) is 0 Å². The molecule has 0 spiro atoms. The molecule has 0 saturated carbocycles. The van der Waals surface area contributed by atoms with E-state index < -0.39 is 26.1 Å². The molecule has 0 bridgehead atoms. The molecular weight excluding hydrogens is 248 g/mol. The van der Waals surface area contributed by atoms with Crippen LogP contribution in [0.5, 0.6) is 0 Å². The lowest BCUT2D eigenvalue weighted by atomic mass is 10.3. The predicted molar refractivity (Wildman–Crippen MR) is 73.9 cm³/mol. The number of hydrogen-bond acceptors (Lipinski definition) is 4. The van der Waals surface area contributed by atoms with E-state index in [4.69, 9.17) is 9.47 Å². The Morgan fingerprint density at radius 1 is 1.28 bits per heavy atom. The zero-order chi connectivity index (χ0) is 14.2. The fourth-order valence-electron chi connectivity index (χ4n) is 1.12. The first-order valence-electron chi connectivity index (χ1n) is 6.29. The molecule has 5 heteroatoms. The quantitative estimate of drug-likeness (QED) is 0.406. The van der Waals surface area contributed by atoms with Crippen LogP contribution in [0.4, 0.5) is 0 Å². The van der Waals surface area contributed by atoms with Crippen molar-refractivity contribution >= 4 is 20.0 Å². The van der Waals surface area contributed by atoms with Crippen molar-refractivity contribution in [2.24, 2.45) is 0 Å². The smallest absolute Gasteiger partial charge is 0.351 e. The van der Waals surface area contributed by atoms with E-state index in [2.05, 4.69) is 19.6 Å². The van der Waals surface area contributed by atoms with E-state index in [0.29, 0.717) is 6.61 Å². The molecule has 0 aromatic carbocycles. The van der Waals surface area contributed by atoms with E-state index in [-0.39, 0.29) is 0 Å². The van der Waals surface area contributed by atoms with Crippen LogP contribution in [0.2, 0.25) is 19.6 Å². The normalized spacial score (nSPS) is 13.4. The first kappa shape index (κ1) is 16.9. The van der Waals surface area contributed by atoms with Crippen molar-refractivity contribution in [3.63, 3.8) is 0 Å². The van der Waals surface area contributed by atoms with Gasteiger partial charge < -0.3 is 9.47 Å². The van der Waals surface area contributed by atoms with Gasteiger partial charge in [0.05, 0.1) is 14.7 Å². The topological polar surface area (TPSA) is 52.6 Å². The van der Waals surface area contributed by atoms with E-state index >= 15 is 0 Å². The second kappa shape index (κ2) is 8.08. The van der Waals surface area contributed by atoms with Crippen molar-refractivity contribution in [1.82, 2.24) is 0 Å². The van der Waals surface area contributed by atoms with Gasteiger partial charge in [-0.2, -0.15) is 0 Å². The molecule has 0 aliphatic rings. The molecule has 0 fully saturated rings. The molecule has 0 aliphatic heterocycles. The van der Waals surface area contributed by atoms with Crippen molar-refractivity contribution in [2.45, 2.75) is 52.4 Å². The summed E-state index contributed by atoms with van der Waals surface area (Å²) in [5.41, 5.74) is 1.97. The molecule has 0 heterocycles. The summed E-state index contributed by atoms with van der Waals surface area (Å²) in [5.74, 6) is -0.971. The van der Waals surface area contributed by atoms with E-state index in [1.54, 1.807) is 6.08 Å². The van der Waals surface area contributed by atoms with Gasteiger partial charge in [-0.3, -0.25) is 4.79 Å². The first-order chi connectivity index (χ1) is 8.26. The first-order valence-corrected chi connectivity index (χ1v) is 9.87. The molecule has 18 heavy (non-hydrogen) atoms. The molecule has 4 nitrogen and oxygen atoms in total.